The van der Waals surface area contributed by atoms with E-state index in [4.69, 9.17) is 14.2 Å². The molecule has 9 nitrogen and oxygen atoms in total. The van der Waals surface area contributed by atoms with E-state index in [2.05, 4.69) is 5.32 Å². The number of ether oxygens (including phenoxy) is 3. The molecule has 1 spiro atoms. The van der Waals surface area contributed by atoms with Gasteiger partial charge in [0.15, 0.2) is 23.9 Å². The molecule has 0 radical (unpaired) electrons. The van der Waals surface area contributed by atoms with Crippen LogP contribution in [0.4, 0.5) is 4.79 Å². The van der Waals surface area contributed by atoms with Gasteiger partial charge in [0.25, 0.3) is 5.91 Å². The quantitative estimate of drug-likeness (QED) is 0.420. The van der Waals surface area contributed by atoms with Gasteiger partial charge in [-0.1, -0.05) is 12.8 Å². The summed E-state index contributed by atoms with van der Waals surface area (Å²) in [6.07, 6.45) is 3.47. The van der Waals surface area contributed by atoms with Crippen LogP contribution in [0.3, 0.4) is 0 Å². The second-order valence-electron chi connectivity index (χ2n) is 7.43. The molecule has 1 saturated carbocycles. The van der Waals surface area contributed by atoms with E-state index in [1.54, 1.807) is 18.2 Å². The van der Waals surface area contributed by atoms with Gasteiger partial charge in [-0.2, -0.15) is 0 Å². The first-order valence-corrected chi connectivity index (χ1v) is 9.71. The molecule has 1 N–H and O–H groups in total. The van der Waals surface area contributed by atoms with Gasteiger partial charge < -0.3 is 19.5 Å². The van der Waals surface area contributed by atoms with Crippen molar-refractivity contribution in [2.24, 2.45) is 0 Å². The van der Waals surface area contributed by atoms with E-state index < -0.39 is 17.5 Å². The number of hydrogen-bond acceptors (Lipinski definition) is 7. The van der Waals surface area contributed by atoms with Crippen molar-refractivity contribution in [3.63, 3.8) is 0 Å². The second-order valence-corrected chi connectivity index (χ2v) is 7.43. The number of nitrogens with zero attached hydrogens (tertiary/aromatic N) is 1. The number of amides is 3. The molecule has 2 heterocycles. The van der Waals surface area contributed by atoms with E-state index in [-0.39, 0.29) is 44.5 Å². The molecule has 2 fully saturated rings. The average molecular weight is 402 g/mol. The number of hydrogen-bond donors (Lipinski definition) is 1. The second kappa shape index (κ2) is 7.73. The van der Waals surface area contributed by atoms with Gasteiger partial charge in [-0.15, -0.1) is 0 Å². The van der Waals surface area contributed by atoms with Crippen molar-refractivity contribution in [3.05, 3.63) is 23.8 Å². The zero-order valence-electron chi connectivity index (χ0n) is 15.9. The zero-order valence-corrected chi connectivity index (χ0v) is 15.9. The van der Waals surface area contributed by atoms with Crippen molar-refractivity contribution in [2.45, 2.75) is 44.1 Å². The standard InChI is InChI=1S/C20H22N2O7/c23-14(13-5-6-15-16(10-13)29-12-28-15)11-27-17(24)4-3-9-22-18(25)20(21-19(22)26)7-1-2-8-20/h5-6,10H,1-4,7-9,11-12H2,(H,21,26). The fraction of sp³-hybridized carbons (Fsp3) is 0.500. The fourth-order valence-corrected chi connectivity index (χ4v) is 3.95. The summed E-state index contributed by atoms with van der Waals surface area (Å²) in [5.41, 5.74) is -0.377. The largest absolute Gasteiger partial charge is 0.457 e. The highest BCUT2D eigenvalue weighted by Crippen LogP contribution is 2.35. The Morgan fingerprint density at radius 2 is 1.90 bits per heavy atom. The van der Waals surface area contributed by atoms with E-state index >= 15 is 0 Å². The molecule has 4 rings (SSSR count). The molecule has 0 atom stereocenters. The lowest BCUT2D eigenvalue weighted by molar-refractivity contribution is -0.143. The lowest BCUT2D eigenvalue weighted by Gasteiger charge is -2.19. The van der Waals surface area contributed by atoms with Crippen LogP contribution in [0.2, 0.25) is 0 Å². The van der Waals surface area contributed by atoms with Crippen LogP contribution >= 0.6 is 0 Å². The van der Waals surface area contributed by atoms with Gasteiger partial charge in [0.2, 0.25) is 6.79 Å². The summed E-state index contributed by atoms with van der Waals surface area (Å²) in [5, 5.41) is 2.80. The smallest absolute Gasteiger partial charge is 0.325 e. The number of rotatable bonds is 7. The van der Waals surface area contributed by atoms with Crippen molar-refractivity contribution >= 4 is 23.7 Å². The third-order valence-electron chi connectivity index (χ3n) is 5.52. The van der Waals surface area contributed by atoms with E-state index in [1.165, 1.54) is 4.90 Å². The molecule has 0 unspecified atom stereocenters. The maximum atomic E-state index is 12.5. The number of benzene rings is 1. The molecule has 2 aliphatic heterocycles. The van der Waals surface area contributed by atoms with Gasteiger partial charge in [-0.05, 0) is 37.5 Å². The SMILES string of the molecule is O=C(CCCN1C(=O)NC2(CCCC2)C1=O)OCC(=O)c1ccc2c(c1)OCO2. The van der Waals surface area contributed by atoms with Crippen LogP contribution in [-0.4, -0.2) is 54.1 Å². The van der Waals surface area contributed by atoms with Crippen LogP contribution < -0.4 is 14.8 Å². The number of ketones is 1. The molecule has 29 heavy (non-hydrogen) atoms. The lowest BCUT2D eigenvalue weighted by atomic mass is 9.98. The molecule has 154 valence electrons. The van der Waals surface area contributed by atoms with Crippen LogP contribution in [0.25, 0.3) is 0 Å². The molecule has 1 aromatic carbocycles. The van der Waals surface area contributed by atoms with Crippen LogP contribution in [0, 0.1) is 0 Å². The first-order valence-electron chi connectivity index (χ1n) is 9.71. The summed E-state index contributed by atoms with van der Waals surface area (Å²) in [4.78, 5) is 49.9. The molecule has 0 bridgehead atoms. The molecule has 0 aromatic heterocycles. The summed E-state index contributed by atoms with van der Waals surface area (Å²) in [6.45, 7) is -0.122. The van der Waals surface area contributed by atoms with Crippen molar-refractivity contribution in [1.82, 2.24) is 10.2 Å². The maximum absolute atomic E-state index is 12.5. The van der Waals surface area contributed by atoms with Crippen molar-refractivity contribution in [2.75, 3.05) is 19.9 Å². The van der Waals surface area contributed by atoms with Crippen molar-refractivity contribution < 1.29 is 33.4 Å². The predicted molar refractivity (Wildman–Crippen MR) is 98.5 cm³/mol. The zero-order chi connectivity index (χ0) is 20.4. The van der Waals surface area contributed by atoms with Crippen molar-refractivity contribution in [1.29, 1.82) is 0 Å². The number of esters is 1. The van der Waals surface area contributed by atoms with Gasteiger partial charge in [0, 0.05) is 18.5 Å². The van der Waals surface area contributed by atoms with E-state index in [9.17, 15) is 19.2 Å². The van der Waals surface area contributed by atoms with E-state index in [0.29, 0.717) is 29.9 Å². The number of carbonyl (C=O) groups is 4. The minimum Gasteiger partial charge on any atom is -0.457 e. The highest BCUT2D eigenvalue weighted by Gasteiger charge is 2.52. The van der Waals surface area contributed by atoms with Crippen LogP contribution in [0.5, 0.6) is 11.5 Å². The molecule has 1 aromatic rings. The summed E-state index contributed by atoms with van der Waals surface area (Å²) in [6, 6.07) is 4.37. The maximum Gasteiger partial charge on any atom is 0.325 e. The topological polar surface area (TPSA) is 111 Å². The first-order chi connectivity index (χ1) is 14.0. The minimum absolute atomic E-state index is 0.0124. The number of fused-ring (bicyclic) bond motifs is 1. The van der Waals surface area contributed by atoms with Gasteiger partial charge in [-0.3, -0.25) is 19.3 Å². The predicted octanol–water partition coefficient (Wildman–Crippen LogP) is 1.79. The number of urea groups is 1. The normalized spacial score (nSPS) is 19.0. The molecule has 1 saturated heterocycles. The Hall–Kier alpha value is -3.10. The fourth-order valence-electron chi connectivity index (χ4n) is 3.95. The Morgan fingerprint density at radius 1 is 1.14 bits per heavy atom. The average Bonchev–Trinajstić information content (AvgIpc) is 3.42. The Morgan fingerprint density at radius 3 is 2.69 bits per heavy atom. The molecular weight excluding hydrogens is 380 g/mol. The Labute approximate surface area is 167 Å². The Balaban J connectivity index is 1.21. The summed E-state index contributed by atoms with van der Waals surface area (Å²) in [7, 11) is 0. The van der Waals surface area contributed by atoms with E-state index in [1.807, 2.05) is 0 Å². The number of carbonyl (C=O) groups excluding carboxylic acids is 4. The Bertz CT molecular complexity index is 860. The van der Waals surface area contributed by atoms with Crippen LogP contribution in [0.1, 0.15) is 48.9 Å². The summed E-state index contributed by atoms with van der Waals surface area (Å²) >= 11 is 0. The van der Waals surface area contributed by atoms with Crippen LogP contribution in [0.15, 0.2) is 18.2 Å². The molecule has 3 amide bonds. The molecular formula is C20H22N2O7. The summed E-state index contributed by atoms with van der Waals surface area (Å²) < 4.78 is 15.4. The van der Waals surface area contributed by atoms with Gasteiger partial charge >= 0.3 is 12.0 Å². The highest BCUT2D eigenvalue weighted by atomic mass is 16.7. The van der Waals surface area contributed by atoms with Gasteiger partial charge in [0.05, 0.1) is 0 Å². The molecule has 9 heteroatoms. The van der Waals surface area contributed by atoms with Crippen molar-refractivity contribution in [3.8, 4) is 11.5 Å². The third kappa shape index (κ3) is 3.76. The minimum atomic E-state index is -0.741. The van der Waals surface area contributed by atoms with Gasteiger partial charge in [-0.25, -0.2) is 4.79 Å². The molecule has 1 aliphatic carbocycles. The first kappa shape index (κ1) is 19.2. The van der Waals surface area contributed by atoms with E-state index in [0.717, 1.165) is 12.8 Å². The third-order valence-corrected chi connectivity index (χ3v) is 5.52. The number of Topliss-reactive ketones (excluding diaryl/α,β-unsaturated/α-hetero) is 1. The summed E-state index contributed by atoms with van der Waals surface area (Å²) in [5.74, 6) is -0.0591. The monoisotopic (exact) mass is 402 g/mol. The van der Waals surface area contributed by atoms with Gasteiger partial charge in [0.1, 0.15) is 5.54 Å². The number of nitrogens with one attached hydrogen (secondary N) is 1. The number of imide groups is 1. The lowest BCUT2D eigenvalue weighted by Crippen LogP contribution is -2.44. The van der Waals surface area contributed by atoms with Crippen LogP contribution in [-0.2, 0) is 14.3 Å². The molecule has 3 aliphatic rings. The Kier molecular flexibility index (Phi) is 5.12. The highest BCUT2D eigenvalue weighted by molar-refractivity contribution is 6.07.